The number of nitro benzene ring substituents is 2. The predicted octanol–water partition coefficient (Wildman–Crippen LogP) is 3.91. The van der Waals surface area contributed by atoms with Crippen molar-refractivity contribution < 1.29 is 29.3 Å². The van der Waals surface area contributed by atoms with Crippen molar-refractivity contribution in [3.05, 3.63) is 98.1 Å². The summed E-state index contributed by atoms with van der Waals surface area (Å²) < 4.78 is 5.35. The third kappa shape index (κ3) is 4.92. The van der Waals surface area contributed by atoms with Crippen LogP contribution in [0.5, 0.6) is 0 Å². The first kappa shape index (κ1) is 24.1. The number of alkyl carbamates (subject to hydrolysis) is 1. The van der Waals surface area contributed by atoms with Gasteiger partial charge in [0.15, 0.2) is 0 Å². The number of carboxylic acids is 1. The van der Waals surface area contributed by atoms with Crippen molar-refractivity contribution in [3.8, 4) is 11.1 Å². The number of amides is 1. The Balaban J connectivity index is 1.41. The average molecular weight is 492 g/mol. The quantitative estimate of drug-likeness (QED) is 0.295. The van der Waals surface area contributed by atoms with Crippen LogP contribution in [-0.2, 0) is 9.53 Å². The fraction of sp³-hybridized carbons (Fsp3) is 0.167. The molecule has 0 spiro atoms. The summed E-state index contributed by atoms with van der Waals surface area (Å²) in [4.78, 5) is 44.7. The van der Waals surface area contributed by atoms with Gasteiger partial charge in [-0.25, -0.2) is 9.59 Å². The highest BCUT2D eigenvalue weighted by molar-refractivity contribution is 5.81. The predicted molar refractivity (Wildman–Crippen MR) is 128 cm³/mol. The number of hydrogen-bond acceptors (Lipinski definition) is 8. The van der Waals surface area contributed by atoms with Crippen molar-refractivity contribution in [2.75, 3.05) is 18.5 Å². The van der Waals surface area contributed by atoms with E-state index in [1.807, 2.05) is 48.5 Å². The number of anilines is 1. The molecule has 0 heterocycles. The molecule has 0 radical (unpaired) electrons. The first-order valence-electron chi connectivity index (χ1n) is 10.8. The Morgan fingerprint density at radius 2 is 1.56 bits per heavy atom. The van der Waals surface area contributed by atoms with E-state index in [9.17, 15) is 34.9 Å². The van der Waals surface area contributed by atoms with Gasteiger partial charge in [0.1, 0.15) is 18.3 Å². The van der Waals surface area contributed by atoms with Crippen molar-refractivity contribution >= 4 is 29.1 Å². The Labute approximate surface area is 203 Å². The molecule has 0 saturated carbocycles. The Morgan fingerprint density at radius 3 is 2.11 bits per heavy atom. The van der Waals surface area contributed by atoms with Gasteiger partial charge in [-0.05, 0) is 28.3 Å². The minimum Gasteiger partial charge on any atom is -0.480 e. The van der Waals surface area contributed by atoms with E-state index < -0.39 is 45.9 Å². The number of carbonyl (C=O) groups is 2. The molecule has 1 amide bonds. The van der Waals surface area contributed by atoms with Gasteiger partial charge in [-0.1, -0.05) is 48.5 Å². The number of fused-ring (bicyclic) bond motifs is 3. The van der Waals surface area contributed by atoms with E-state index in [2.05, 4.69) is 10.6 Å². The van der Waals surface area contributed by atoms with E-state index in [0.29, 0.717) is 0 Å². The van der Waals surface area contributed by atoms with E-state index >= 15 is 0 Å². The Hall–Kier alpha value is -5.00. The molecule has 0 unspecified atom stereocenters. The molecule has 4 rings (SSSR count). The molecule has 1 atom stereocenters. The minimum atomic E-state index is -1.49. The lowest BCUT2D eigenvalue weighted by atomic mass is 9.98. The van der Waals surface area contributed by atoms with E-state index in [1.165, 1.54) is 0 Å². The van der Waals surface area contributed by atoms with Crippen LogP contribution < -0.4 is 10.6 Å². The van der Waals surface area contributed by atoms with Crippen LogP contribution in [-0.4, -0.2) is 46.2 Å². The monoisotopic (exact) mass is 492 g/mol. The van der Waals surface area contributed by atoms with Crippen molar-refractivity contribution in [1.29, 1.82) is 0 Å². The first-order valence-corrected chi connectivity index (χ1v) is 10.8. The molecular weight excluding hydrogens is 472 g/mol. The Kier molecular flexibility index (Phi) is 6.77. The highest BCUT2D eigenvalue weighted by Gasteiger charge is 2.30. The maximum absolute atomic E-state index is 12.4. The molecule has 1 aliphatic carbocycles. The number of hydrogen-bond donors (Lipinski definition) is 3. The zero-order valence-corrected chi connectivity index (χ0v) is 18.6. The molecule has 3 N–H and O–H groups in total. The molecule has 36 heavy (non-hydrogen) atoms. The highest BCUT2D eigenvalue weighted by Crippen LogP contribution is 2.44. The molecule has 0 aliphatic heterocycles. The van der Waals surface area contributed by atoms with Crippen molar-refractivity contribution in [1.82, 2.24) is 5.32 Å². The topological polar surface area (TPSA) is 174 Å². The summed E-state index contributed by atoms with van der Waals surface area (Å²) in [5.74, 6) is -1.62. The molecule has 12 heteroatoms. The highest BCUT2D eigenvalue weighted by atomic mass is 16.6. The molecule has 0 fully saturated rings. The number of rotatable bonds is 9. The number of nitro groups is 2. The van der Waals surface area contributed by atoms with E-state index in [0.717, 1.165) is 40.5 Å². The third-order valence-corrected chi connectivity index (χ3v) is 5.82. The van der Waals surface area contributed by atoms with E-state index in [1.54, 1.807) is 0 Å². The Morgan fingerprint density at radius 1 is 0.944 bits per heavy atom. The number of carboxylic acid groups (broad SMARTS) is 1. The standard InChI is InChI=1S/C24H20N4O8/c29-23(30)21(12-25-20-10-9-14(27(32)33)11-22(20)28(34)35)26-24(31)36-13-19-17-7-3-1-5-15(17)16-6-2-4-8-18(16)19/h1-11,19,21,25H,12-13H2,(H,26,31)(H,29,30)/t21-/m1/s1. The third-order valence-electron chi connectivity index (χ3n) is 5.82. The van der Waals surface area contributed by atoms with Gasteiger partial charge in [-0.3, -0.25) is 20.2 Å². The molecular formula is C24H20N4O8. The minimum absolute atomic E-state index is 0.0204. The van der Waals surface area contributed by atoms with Crippen LogP contribution in [0.25, 0.3) is 11.1 Å². The smallest absolute Gasteiger partial charge is 0.407 e. The largest absolute Gasteiger partial charge is 0.480 e. The van der Waals surface area contributed by atoms with Gasteiger partial charge in [0.05, 0.1) is 15.9 Å². The van der Waals surface area contributed by atoms with Gasteiger partial charge in [0.25, 0.3) is 11.4 Å². The van der Waals surface area contributed by atoms with Crippen LogP contribution in [0.3, 0.4) is 0 Å². The zero-order valence-electron chi connectivity index (χ0n) is 18.6. The summed E-state index contributed by atoms with van der Waals surface area (Å²) in [6.45, 7) is -0.453. The van der Waals surface area contributed by atoms with Crippen LogP contribution in [0.15, 0.2) is 66.7 Å². The second-order valence-electron chi connectivity index (χ2n) is 7.96. The fourth-order valence-electron chi connectivity index (χ4n) is 4.13. The van der Waals surface area contributed by atoms with Crippen LogP contribution in [0.4, 0.5) is 21.9 Å². The fourth-order valence-corrected chi connectivity index (χ4v) is 4.13. The summed E-state index contributed by atoms with van der Waals surface area (Å²) in [7, 11) is 0. The van der Waals surface area contributed by atoms with Crippen LogP contribution in [0.2, 0.25) is 0 Å². The van der Waals surface area contributed by atoms with Gasteiger partial charge in [-0.15, -0.1) is 0 Å². The second kappa shape index (κ2) is 10.1. The normalized spacial score (nSPS) is 12.7. The van der Waals surface area contributed by atoms with Crippen LogP contribution in [0, 0.1) is 20.2 Å². The molecule has 0 saturated heterocycles. The van der Waals surface area contributed by atoms with Gasteiger partial charge in [-0.2, -0.15) is 0 Å². The maximum Gasteiger partial charge on any atom is 0.407 e. The van der Waals surface area contributed by atoms with Crippen molar-refractivity contribution in [2.45, 2.75) is 12.0 Å². The summed E-state index contributed by atoms with van der Waals surface area (Å²) in [5, 5.41) is 36.4. The van der Waals surface area contributed by atoms with Gasteiger partial charge in [0, 0.05) is 18.5 Å². The maximum atomic E-state index is 12.4. The number of carbonyl (C=O) groups excluding carboxylic acids is 1. The van der Waals surface area contributed by atoms with E-state index in [4.69, 9.17) is 4.74 Å². The zero-order chi connectivity index (χ0) is 25.8. The first-order chi connectivity index (χ1) is 17.3. The van der Waals surface area contributed by atoms with Gasteiger partial charge < -0.3 is 20.5 Å². The summed E-state index contributed by atoms with van der Waals surface area (Å²) in [5.41, 5.74) is 2.85. The second-order valence-corrected chi connectivity index (χ2v) is 7.96. The molecule has 1 aliphatic rings. The molecule has 184 valence electrons. The molecule has 12 nitrogen and oxygen atoms in total. The summed E-state index contributed by atoms with van der Waals surface area (Å²) in [6.07, 6.45) is -0.968. The Bertz CT molecular complexity index is 1310. The lowest BCUT2D eigenvalue weighted by Gasteiger charge is -2.18. The van der Waals surface area contributed by atoms with Crippen LogP contribution in [0.1, 0.15) is 17.0 Å². The molecule has 0 aromatic heterocycles. The van der Waals surface area contributed by atoms with Crippen LogP contribution >= 0.6 is 0 Å². The molecule has 3 aromatic carbocycles. The van der Waals surface area contributed by atoms with Gasteiger partial charge in [0.2, 0.25) is 0 Å². The number of non-ortho nitro benzene ring substituents is 1. The number of benzene rings is 3. The average Bonchev–Trinajstić information content (AvgIpc) is 3.18. The number of nitrogens with one attached hydrogen (secondary N) is 2. The molecule has 3 aromatic rings. The lowest BCUT2D eigenvalue weighted by molar-refractivity contribution is -0.393. The lowest BCUT2D eigenvalue weighted by Crippen LogP contribution is -2.45. The summed E-state index contributed by atoms with van der Waals surface area (Å²) >= 11 is 0. The number of nitrogens with zero attached hydrogens (tertiary/aromatic N) is 2. The molecule has 0 bridgehead atoms. The SMILES string of the molecule is O=C(N[C@H](CNc1ccc([N+](=O)[O-])cc1[N+](=O)[O-])C(=O)O)OCC1c2ccccc2-c2ccccc21. The summed E-state index contributed by atoms with van der Waals surface area (Å²) in [6, 6.07) is 16.9. The van der Waals surface area contributed by atoms with E-state index in [-0.39, 0.29) is 18.2 Å². The van der Waals surface area contributed by atoms with Gasteiger partial charge >= 0.3 is 12.1 Å². The number of ether oxygens (including phenoxy) is 1. The number of aliphatic carboxylic acids is 1. The van der Waals surface area contributed by atoms with Crippen molar-refractivity contribution in [3.63, 3.8) is 0 Å². The van der Waals surface area contributed by atoms with Crippen molar-refractivity contribution in [2.24, 2.45) is 0 Å².